The first-order valence-electron chi connectivity index (χ1n) is 4.80. The van der Waals surface area contributed by atoms with E-state index < -0.39 is 0 Å². The number of pyridine rings is 1. The molecule has 0 radical (unpaired) electrons. The first kappa shape index (κ1) is 7.94. The minimum Gasteiger partial charge on any atom is -0.376 e. The van der Waals surface area contributed by atoms with Crippen LogP contribution in [-0.4, -0.2) is 27.2 Å². The second-order valence-corrected chi connectivity index (χ2v) is 3.54. The fourth-order valence-corrected chi connectivity index (χ4v) is 1.70. The summed E-state index contributed by atoms with van der Waals surface area (Å²) < 4.78 is 7.49. The van der Waals surface area contributed by atoms with Crippen LogP contribution in [0.25, 0.3) is 11.0 Å². The van der Waals surface area contributed by atoms with Crippen LogP contribution in [0.5, 0.6) is 0 Å². The van der Waals surface area contributed by atoms with E-state index in [2.05, 4.69) is 14.5 Å². The standard InChI is InChI=1S/C10H11N3O/c1-3-11-5-10-9(1)12-7-13(10)6-8-2-4-14-8/h1,3,5,7-8H,2,4,6H2. The van der Waals surface area contributed by atoms with Crippen LogP contribution < -0.4 is 0 Å². The zero-order chi connectivity index (χ0) is 9.38. The number of rotatable bonds is 2. The van der Waals surface area contributed by atoms with Crippen LogP contribution in [0.3, 0.4) is 0 Å². The molecular weight excluding hydrogens is 178 g/mol. The van der Waals surface area contributed by atoms with Crippen molar-refractivity contribution in [2.24, 2.45) is 0 Å². The van der Waals surface area contributed by atoms with E-state index in [1.807, 2.05) is 18.6 Å². The molecule has 2 aromatic rings. The molecule has 1 saturated heterocycles. The van der Waals surface area contributed by atoms with Crippen molar-refractivity contribution in [2.75, 3.05) is 6.61 Å². The Kier molecular flexibility index (Phi) is 1.73. The SMILES string of the molecule is c1cc2ncn(CC3CCO3)c2cn1. The molecule has 1 fully saturated rings. The molecule has 3 rings (SSSR count). The van der Waals surface area contributed by atoms with Crippen LogP contribution in [-0.2, 0) is 11.3 Å². The van der Waals surface area contributed by atoms with Gasteiger partial charge in [0.2, 0.25) is 0 Å². The van der Waals surface area contributed by atoms with Crippen LogP contribution in [0.2, 0.25) is 0 Å². The maximum absolute atomic E-state index is 5.38. The Morgan fingerprint density at radius 2 is 2.50 bits per heavy atom. The Morgan fingerprint density at radius 3 is 3.29 bits per heavy atom. The Balaban J connectivity index is 1.95. The van der Waals surface area contributed by atoms with Gasteiger partial charge >= 0.3 is 0 Å². The molecule has 0 bridgehead atoms. The van der Waals surface area contributed by atoms with Crippen molar-refractivity contribution in [3.63, 3.8) is 0 Å². The Bertz CT molecular complexity index is 447. The fraction of sp³-hybridized carbons (Fsp3) is 0.400. The Labute approximate surface area is 81.5 Å². The summed E-state index contributed by atoms with van der Waals surface area (Å²) in [5, 5.41) is 0. The summed E-state index contributed by atoms with van der Waals surface area (Å²) in [5.41, 5.74) is 2.09. The van der Waals surface area contributed by atoms with Crippen LogP contribution in [0.1, 0.15) is 6.42 Å². The molecule has 0 N–H and O–H groups in total. The summed E-state index contributed by atoms with van der Waals surface area (Å²) in [7, 11) is 0. The number of aromatic nitrogens is 3. The van der Waals surface area contributed by atoms with Gasteiger partial charge in [0, 0.05) is 12.8 Å². The van der Waals surface area contributed by atoms with E-state index in [-0.39, 0.29) is 0 Å². The third kappa shape index (κ3) is 1.19. The normalized spacial score (nSPS) is 21.0. The lowest BCUT2D eigenvalue weighted by molar-refractivity contribution is -0.0586. The third-order valence-corrected chi connectivity index (χ3v) is 2.62. The van der Waals surface area contributed by atoms with Gasteiger partial charge in [0.05, 0.1) is 36.2 Å². The molecule has 4 nitrogen and oxygen atoms in total. The molecule has 4 heteroatoms. The van der Waals surface area contributed by atoms with Gasteiger partial charge in [-0.05, 0) is 12.5 Å². The highest BCUT2D eigenvalue weighted by atomic mass is 16.5. The molecule has 1 unspecified atom stereocenters. The van der Waals surface area contributed by atoms with Gasteiger partial charge in [-0.1, -0.05) is 0 Å². The van der Waals surface area contributed by atoms with Gasteiger partial charge in [-0.25, -0.2) is 4.98 Å². The maximum atomic E-state index is 5.38. The predicted octanol–water partition coefficient (Wildman–Crippen LogP) is 1.22. The predicted molar refractivity (Wildman–Crippen MR) is 51.9 cm³/mol. The molecular formula is C10H11N3O. The van der Waals surface area contributed by atoms with Gasteiger partial charge in [0.25, 0.3) is 0 Å². The molecule has 1 atom stereocenters. The van der Waals surface area contributed by atoms with Crippen LogP contribution >= 0.6 is 0 Å². The maximum Gasteiger partial charge on any atom is 0.0959 e. The van der Waals surface area contributed by atoms with E-state index in [1.165, 1.54) is 0 Å². The van der Waals surface area contributed by atoms with E-state index in [1.54, 1.807) is 6.20 Å². The summed E-state index contributed by atoms with van der Waals surface area (Å²) in [5.74, 6) is 0. The number of hydrogen-bond acceptors (Lipinski definition) is 3. The fourth-order valence-electron chi connectivity index (χ4n) is 1.70. The van der Waals surface area contributed by atoms with Crippen molar-refractivity contribution in [1.82, 2.24) is 14.5 Å². The summed E-state index contributed by atoms with van der Waals surface area (Å²) in [6.07, 6.45) is 6.99. The van der Waals surface area contributed by atoms with Crippen molar-refractivity contribution >= 4 is 11.0 Å². The second-order valence-electron chi connectivity index (χ2n) is 3.54. The van der Waals surface area contributed by atoms with Gasteiger partial charge in [-0.3, -0.25) is 4.98 Å². The van der Waals surface area contributed by atoms with Crippen molar-refractivity contribution < 1.29 is 4.74 Å². The quantitative estimate of drug-likeness (QED) is 0.713. The lowest BCUT2D eigenvalue weighted by Gasteiger charge is -2.26. The average molecular weight is 189 g/mol. The highest BCUT2D eigenvalue weighted by Crippen LogP contribution is 2.16. The Hall–Kier alpha value is -1.42. The minimum absolute atomic E-state index is 0.368. The molecule has 0 aromatic carbocycles. The lowest BCUT2D eigenvalue weighted by atomic mass is 10.2. The van der Waals surface area contributed by atoms with E-state index >= 15 is 0 Å². The molecule has 0 aliphatic carbocycles. The van der Waals surface area contributed by atoms with Crippen LogP contribution in [0, 0.1) is 0 Å². The summed E-state index contributed by atoms with van der Waals surface area (Å²) in [6, 6.07) is 1.92. The molecule has 2 aromatic heterocycles. The van der Waals surface area contributed by atoms with E-state index in [0.717, 1.165) is 30.6 Å². The summed E-state index contributed by atoms with van der Waals surface area (Å²) in [6.45, 7) is 1.79. The van der Waals surface area contributed by atoms with E-state index in [9.17, 15) is 0 Å². The van der Waals surface area contributed by atoms with Crippen molar-refractivity contribution in [2.45, 2.75) is 19.1 Å². The largest absolute Gasteiger partial charge is 0.376 e. The molecule has 72 valence electrons. The van der Waals surface area contributed by atoms with Gasteiger partial charge < -0.3 is 9.30 Å². The number of nitrogens with zero attached hydrogens (tertiary/aromatic N) is 3. The topological polar surface area (TPSA) is 39.9 Å². The number of imidazole rings is 1. The van der Waals surface area contributed by atoms with Gasteiger partial charge in [-0.2, -0.15) is 0 Å². The summed E-state index contributed by atoms with van der Waals surface area (Å²) in [4.78, 5) is 8.39. The minimum atomic E-state index is 0.368. The summed E-state index contributed by atoms with van der Waals surface area (Å²) >= 11 is 0. The number of fused-ring (bicyclic) bond motifs is 1. The smallest absolute Gasteiger partial charge is 0.0959 e. The monoisotopic (exact) mass is 189 g/mol. The Morgan fingerprint density at radius 1 is 1.57 bits per heavy atom. The van der Waals surface area contributed by atoms with Crippen LogP contribution in [0.15, 0.2) is 24.8 Å². The highest BCUT2D eigenvalue weighted by Gasteiger charge is 2.19. The molecule has 0 amide bonds. The second kappa shape index (κ2) is 3.06. The molecule has 0 saturated carbocycles. The van der Waals surface area contributed by atoms with Crippen molar-refractivity contribution in [3.8, 4) is 0 Å². The van der Waals surface area contributed by atoms with E-state index in [4.69, 9.17) is 4.74 Å². The number of ether oxygens (including phenoxy) is 1. The third-order valence-electron chi connectivity index (χ3n) is 2.62. The van der Waals surface area contributed by atoms with Crippen LogP contribution in [0.4, 0.5) is 0 Å². The zero-order valence-corrected chi connectivity index (χ0v) is 7.76. The molecule has 0 spiro atoms. The van der Waals surface area contributed by atoms with Gasteiger partial charge in [0.1, 0.15) is 0 Å². The number of hydrogen-bond donors (Lipinski definition) is 0. The first-order chi connectivity index (χ1) is 6.93. The molecule has 1 aliphatic heterocycles. The van der Waals surface area contributed by atoms with Crippen molar-refractivity contribution in [3.05, 3.63) is 24.8 Å². The first-order valence-corrected chi connectivity index (χ1v) is 4.80. The van der Waals surface area contributed by atoms with E-state index in [0.29, 0.717) is 6.10 Å². The lowest BCUT2D eigenvalue weighted by Crippen LogP contribution is -2.30. The highest BCUT2D eigenvalue weighted by molar-refractivity contribution is 5.73. The average Bonchev–Trinajstić information content (AvgIpc) is 2.55. The molecule has 3 heterocycles. The zero-order valence-electron chi connectivity index (χ0n) is 7.76. The molecule has 14 heavy (non-hydrogen) atoms. The van der Waals surface area contributed by atoms with Crippen molar-refractivity contribution in [1.29, 1.82) is 0 Å². The molecule has 1 aliphatic rings. The van der Waals surface area contributed by atoms with Gasteiger partial charge in [0.15, 0.2) is 0 Å². The van der Waals surface area contributed by atoms with Gasteiger partial charge in [-0.15, -0.1) is 0 Å².